The summed E-state index contributed by atoms with van der Waals surface area (Å²) in [6.07, 6.45) is 1.08. The van der Waals surface area contributed by atoms with Crippen LogP contribution in [0.3, 0.4) is 0 Å². The molecule has 0 spiro atoms. The van der Waals surface area contributed by atoms with Crippen LogP contribution in [0.2, 0.25) is 0 Å². The van der Waals surface area contributed by atoms with Crippen molar-refractivity contribution >= 4 is 15.9 Å². The molecule has 1 atom stereocenters. The van der Waals surface area contributed by atoms with Crippen LogP contribution < -0.4 is 10.6 Å². The molecule has 0 saturated heterocycles. The lowest BCUT2D eigenvalue weighted by Gasteiger charge is -2.15. The molecule has 102 valence electrons. The third-order valence-electron chi connectivity index (χ3n) is 2.80. The van der Waals surface area contributed by atoms with Crippen LogP contribution in [-0.2, 0) is 6.42 Å². The molecular weight excluding hydrogens is 288 g/mol. The second-order valence-electron chi connectivity index (χ2n) is 5.29. The average Bonchev–Trinajstić information content (AvgIpc) is 2.28. The van der Waals surface area contributed by atoms with Crippen LogP contribution >= 0.6 is 15.9 Å². The molecule has 0 fully saturated rings. The highest BCUT2D eigenvalue weighted by Gasteiger charge is 2.01. The van der Waals surface area contributed by atoms with Crippen molar-refractivity contribution in [1.29, 1.82) is 0 Å². The summed E-state index contributed by atoms with van der Waals surface area (Å²) in [4.78, 5) is 0. The van der Waals surface area contributed by atoms with Crippen LogP contribution in [0.5, 0.6) is 0 Å². The van der Waals surface area contributed by atoms with Gasteiger partial charge in [-0.2, -0.15) is 0 Å². The van der Waals surface area contributed by atoms with Gasteiger partial charge in [0.25, 0.3) is 0 Å². The first-order chi connectivity index (χ1) is 8.58. The van der Waals surface area contributed by atoms with E-state index in [1.807, 2.05) is 0 Å². The summed E-state index contributed by atoms with van der Waals surface area (Å²) in [6, 6.07) is 9.04. The van der Waals surface area contributed by atoms with E-state index in [9.17, 15) is 0 Å². The van der Waals surface area contributed by atoms with Crippen LogP contribution in [0.15, 0.2) is 28.7 Å². The number of halogens is 1. The average molecular weight is 313 g/mol. The predicted octanol–water partition coefficient (Wildman–Crippen LogP) is 3.22. The van der Waals surface area contributed by atoms with Gasteiger partial charge in [0.05, 0.1) is 0 Å². The first-order valence-electron chi connectivity index (χ1n) is 6.76. The summed E-state index contributed by atoms with van der Waals surface area (Å²) in [6.45, 7) is 9.86. The fourth-order valence-electron chi connectivity index (χ4n) is 1.82. The SMILES string of the molecule is CC(C)CNCC(C)NCCc1cccc(Br)c1. The quantitative estimate of drug-likeness (QED) is 0.770. The standard InChI is InChI=1S/C15H25BrN2/c1-12(2)10-17-11-13(3)18-8-7-14-5-4-6-15(16)9-14/h4-6,9,12-13,17-18H,7-8,10-11H2,1-3H3. The van der Waals surface area contributed by atoms with E-state index in [0.29, 0.717) is 6.04 Å². The summed E-state index contributed by atoms with van der Waals surface area (Å²) >= 11 is 3.50. The summed E-state index contributed by atoms with van der Waals surface area (Å²) in [5.74, 6) is 0.721. The molecule has 2 N–H and O–H groups in total. The highest BCUT2D eigenvalue weighted by Crippen LogP contribution is 2.11. The summed E-state index contributed by atoms with van der Waals surface area (Å²) in [5, 5.41) is 7.02. The molecule has 0 aliphatic rings. The molecule has 1 aromatic rings. The first kappa shape index (κ1) is 15.7. The third-order valence-corrected chi connectivity index (χ3v) is 3.29. The van der Waals surface area contributed by atoms with Gasteiger partial charge in [-0.1, -0.05) is 41.9 Å². The molecule has 2 nitrogen and oxygen atoms in total. The molecule has 0 bridgehead atoms. The lowest BCUT2D eigenvalue weighted by molar-refractivity contribution is 0.474. The zero-order chi connectivity index (χ0) is 13.4. The number of rotatable bonds is 8. The zero-order valence-electron chi connectivity index (χ0n) is 11.7. The van der Waals surface area contributed by atoms with Gasteiger partial charge < -0.3 is 10.6 Å². The maximum Gasteiger partial charge on any atom is 0.0178 e. The van der Waals surface area contributed by atoms with Crippen molar-refractivity contribution in [3.8, 4) is 0 Å². The third kappa shape index (κ3) is 7.14. The van der Waals surface area contributed by atoms with E-state index >= 15 is 0 Å². The zero-order valence-corrected chi connectivity index (χ0v) is 13.3. The minimum absolute atomic E-state index is 0.524. The molecule has 1 unspecified atom stereocenters. The molecule has 1 aromatic carbocycles. The van der Waals surface area contributed by atoms with Crippen molar-refractivity contribution in [2.75, 3.05) is 19.6 Å². The minimum atomic E-state index is 0.524. The molecule has 0 amide bonds. The van der Waals surface area contributed by atoms with Gasteiger partial charge in [-0.15, -0.1) is 0 Å². The molecule has 0 saturated carbocycles. The highest BCUT2D eigenvalue weighted by molar-refractivity contribution is 9.10. The van der Waals surface area contributed by atoms with Gasteiger partial charge in [0, 0.05) is 17.1 Å². The van der Waals surface area contributed by atoms with Gasteiger partial charge in [-0.05, 0) is 50.0 Å². The van der Waals surface area contributed by atoms with E-state index in [-0.39, 0.29) is 0 Å². The Morgan fingerprint density at radius 3 is 2.61 bits per heavy atom. The van der Waals surface area contributed by atoms with Gasteiger partial charge in [-0.3, -0.25) is 0 Å². The van der Waals surface area contributed by atoms with Gasteiger partial charge in [0.15, 0.2) is 0 Å². The van der Waals surface area contributed by atoms with Gasteiger partial charge in [0.2, 0.25) is 0 Å². The molecule has 18 heavy (non-hydrogen) atoms. The Hall–Kier alpha value is -0.380. The van der Waals surface area contributed by atoms with E-state index in [2.05, 4.69) is 71.6 Å². The van der Waals surface area contributed by atoms with Gasteiger partial charge in [-0.25, -0.2) is 0 Å². The number of hydrogen-bond acceptors (Lipinski definition) is 2. The maximum absolute atomic E-state index is 3.55. The molecule has 0 radical (unpaired) electrons. The normalized spacial score (nSPS) is 12.9. The van der Waals surface area contributed by atoms with Crippen molar-refractivity contribution in [1.82, 2.24) is 10.6 Å². The molecule has 0 heterocycles. The Bertz CT molecular complexity index is 339. The van der Waals surface area contributed by atoms with E-state index in [1.165, 1.54) is 5.56 Å². The smallest absolute Gasteiger partial charge is 0.0178 e. The predicted molar refractivity (Wildman–Crippen MR) is 83.0 cm³/mol. The molecule has 3 heteroatoms. The van der Waals surface area contributed by atoms with Crippen LogP contribution in [0.4, 0.5) is 0 Å². The fraction of sp³-hybridized carbons (Fsp3) is 0.600. The topological polar surface area (TPSA) is 24.1 Å². The number of benzene rings is 1. The van der Waals surface area contributed by atoms with Crippen LogP contribution in [0, 0.1) is 5.92 Å². The molecule has 0 aliphatic heterocycles. The fourth-order valence-corrected chi connectivity index (χ4v) is 2.26. The Morgan fingerprint density at radius 2 is 1.94 bits per heavy atom. The van der Waals surface area contributed by atoms with Crippen LogP contribution in [-0.4, -0.2) is 25.7 Å². The summed E-state index contributed by atoms with van der Waals surface area (Å²) in [5.41, 5.74) is 1.37. The lowest BCUT2D eigenvalue weighted by Crippen LogP contribution is -2.38. The monoisotopic (exact) mass is 312 g/mol. The lowest BCUT2D eigenvalue weighted by atomic mass is 10.1. The van der Waals surface area contributed by atoms with Crippen molar-refractivity contribution in [3.63, 3.8) is 0 Å². The largest absolute Gasteiger partial charge is 0.315 e. The van der Waals surface area contributed by atoms with Crippen molar-refractivity contribution < 1.29 is 0 Å². The summed E-state index contributed by atoms with van der Waals surface area (Å²) in [7, 11) is 0. The van der Waals surface area contributed by atoms with Gasteiger partial charge in [0.1, 0.15) is 0 Å². The Labute approximate surface area is 120 Å². The van der Waals surface area contributed by atoms with Gasteiger partial charge >= 0.3 is 0 Å². The van der Waals surface area contributed by atoms with E-state index in [4.69, 9.17) is 0 Å². The molecule has 1 rings (SSSR count). The van der Waals surface area contributed by atoms with Crippen LogP contribution in [0.1, 0.15) is 26.3 Å². The Morgan fingerprint density at radius 1 is 1.17 bits per heavy atom. The summed E-state index contributed by atoms with van der Waals surface area (Å²) < 4.78 is 1.16. The first-order valence-corrected chi connectivity index (χ1v) is 7.55. The second kappa shape index (κ2) is 8.68. The van der Waals surface area contributed by atoms with E-state index < -0.39 is 0 Å². The maximum atomic E-state index is 3.55. The highest BCUT2D eigenvalue weighted by atomic mass is 79.9. The van der Waals surface area contributed by atoms with Crippen LogP contribution in [0.25, 0.3) is 0 Å². The van der Waals surface area contributed by atoms with Crippen molar-refractivity contribution in [2.24, 2.45) is 5.92 Å². The van der Waals surface area contributed by atoms with E-state index in [1.54, 1.807) is 0 Å². The number of nitrogens with one attached hydrogen (secondary N) is 2. The molecule has 0 aromatic heterocycles. The Kier molecular flexibility index (Phi) is 7.56. The minimum Gasteiger partial charge on any atom is -0.315 e. The van der Waals surface area contributed by atoms with Crippen molar-refractivity contribution in [2.45, 2.75) is 33.2 Å². The molecule has 0 aliphatic carbocycles. The second-order valence-corrected chi connectivity index (χ2v) is 6.20. The number of hydrogen-bond donors (Lipinski definition) is 2. The van der Waals surface area contributed by atoms with E-state index in [0.717, 1.165) is 36.4 Å². The molecular formula is C15H25BrN2. The van der Waals surface area contributed by atoms with Crippen molar-refractivity contribution in [3.05, 3.63) is 34.3 Å². The Balaban J connectivity index is 2.13.